The highest BCUT2D eigenvalue weighted by molar-refractivity contribution is 5.98. The number of rotatable bonds is 3. The second kappa shape index (κ2) is 7.00. The van der Waals surface area contributed by atoms with E-state index in [0.29, 0.717) is 24.5 Å². The highest BCUT2D eigenvalue weighted by atomic mass is 16.5. The summed E-state index contributed by atoms with van der Waals surface area (Å²) in [5.74, 6) is 0.526. The fourth-order valence-corrected chi connectivity index (χ4v) is 3.55. The maximum Gasteiger partial charge on any atom is 0.255 e. The van der Waals surface area contributed by atoms with Crippen LogP contribution in [0.1, 0.15) is 35.3 Å². The minimum Gasteiger partial charge on any atom is -0.491 e. The van der Waals surface area contributed by atoms with Gasteiger partial charge in [-0.25, -0.2) is 0 Å². The minimum atomic E-state index is -0.587. The molecule has 5 nitrogen and oxygen atoms in total. The second-order valence-corrected chi connectivity index (χ2v) is 7.28. The van der Waals surface area contributed by atoms with Gasteiger partial charge in [-0.2, -0.15) is 0 Å². The zero-order valence-electron chi connectivity index (χ0n) is 15.6. The van der Waals surface area contributed by atoms with E-state index in [1.54, 1.807) is 6.20 Å². The maximum absolute atomic E-state index is 13.1. The summed E-state index contributed by atoms with van der Waals surface area (Å²) in [6.45, 7) is 6.01. The normalized spacial score (nSPS) is 14.1. The predicted molar refractivity (Wildman–Crippen MR) is 106 cm³/mol. The molecule has 3 aromatic rings. The summed E-state index contributed by atoms with van der Waals surface area (Å²) in [5, 5.41) is 7.53. The lowest BCUT2D eigenvalue weighted by atomic mass is 9.91. The highest BCUT2D eigenvalue weighted by Gasteiger charge is 2.28. The van der Waals surface area contributed by atoms with E-state index < -0.39 is 5.54 Å². The highest BCUT2D eigenvalue weighted by Crippen LogP contribution is 2.30. The molecule has 0 spiro atoms. The molecule has 1 aliphatic rings. The van der Waals surface area contributed by atoms with Crippen LogP contribution in [0.3, 0.4) is 0 Å². The molecular weight excluding hydrogens is 338 g/mol. The molecule has 1 amide bonds. The Morgan fingerprint density at radius 3 is 2.85 bits per heavy atom. The Bertz CT molecular complexity index is 993. The van der Waals surface area contributed by atoms with Crippen LogP contribution in [0.25, 0.3) is 10.9 Å². The molecule has 27 heavy (non-hydrogen) atoms. The summed E-state index contributed by atoms with van der Waals surface area (Å²) >= 11 is 0. The molecular formula is C22H23N3O2. The molecule has 1 aliphatic heterocycles. The van der Waals surface area contributed by atoms with Gasteiger partial charge in [-0.1, -0.05) is 36.4 Å². The number of carbonyl (C=O) groups is 1. The molecule has 0 bridgehead atoms. The van der Waals surface area contributed by atoms with Gasteiger partial charge in [0.1, 0.15) is 12.4 Å². The van der Waals surface area contributed by atoms with Crippen molar-refractivity contribution in [1.82, 2.24) is 15.6 Å². The topological polar surface area (TPSA) is 63.2 Å². The third-order valence-electron chi connectivity index (χ3n) is 4.91. The van der Waals surface area contributed by atoms with E-state index in [9.17, 15) is 4.79 Å². The lowest BCUT2D eigenvalue weighted by Gasteiger charge is -2.28. The van der Waals surface area contributed by atoms with Crippen molar-refractivity contribution >= 4 is 16.8 Å². The van der Waals surface area contributed by atoms with E-state index in [4.69, 9.17) is 4.74 Å². The number of nitrogens with zero attached hydrogens (tertiary/aromatic N) is 1. The number of pyridine rings is 1. The maximum atomic E-state index is 13.1. The van der Waals surface area contributed by atoms with Crippen LogP contribution in [-0.2, 0) is 12.1 Å². The van der Waals surface area contributed by atoms with Gasteiger partial charge >= 0.3 is 0 Å². The third-order valence-corrected chi connectivity index (χ3v) is 4.91. The first kappa shape index (κ1) is 17.5. The van der Waals surface area contributed by atoms with Crippen LogP contribution in [0.4, 0.5) is 0 Å². The van der Waals surface area contributed by atoms with Crippen LogP contribution in [0.5, 0.6) is 5.75 Å². The Labute approximate surface area is 158 Å². The monoisotopic (exact) mass is 361 g/mol. The van der Waals surface area contributed by atoms with Gasteiger partial charge in [0.05, 0.1) is 16.6 Å². The van der Waals surface area contributed by atoms with Crippen LogP contribution < -0.4 is 15.4 Å². The Morgan fingerprint density at radius 1 is 1.15 bits per heavy atom. The molecule has 138 valence electrons. The average Bonchev–Trinajstić information content (AvgIpc) is 2.92. The number of fused-ring (bicyclic) bond motifs is 2. The molecule has 2 N–H and O–H groups in total. The zero-order valence-corrected chi connectivity index (χ0v) is 15.6. The van der Waals surface area contributed by atoms with E-state index in [0.717, 1.165) is 28.6 Å². The number of carbonyl (C=O) groups excluding carboxylic acids is 1. The predicted octanol–water partition coefficient (Wildman–Crippen LogP) is 3.38. The first-order chi connectivity index (χ1) is 13.1. The van der Waals surface area contributed by atoms with Gasteiger partial charge in [-0.05, 0) is 26.0 Å². The molecule has 4 rings (SSSR count). The van der Waals surface area contributed by atoms with Gasteiger partial charge in [0.15, 0.2) is 0 Å². The van der Waals surface area contributed by atoms with Crippen molar-refractivity contribution in [2.75, 3.05) is 13.2 Å². The minimum absolute atomic E-state index is 0.147. The molecule has 0 saturated heterocycles. The van der Waals surface area contributed by atoms with Crippen molar-refractivity contribution in [2.45, 2.75) is 25.9 Å². The van der Waals surface area contributed by atoms with Crippen molar-refractivity contribution in [3.05, 3.63) is 71.4 Å². The van der Waals surface area contributed by atoms with E-state index in [2.05, 4.69) is 15.6 Å². The third kappa shape index (κ3) is 3.38. The lowest BCUT2D eigenvalue weighted by molar-refractivity contribution is 0.0908. The standard InChI is InChI=1S/C22H23N3O2/c1-22(2,18-10-4-6-15-8-5-11-24-19(15)18)25-21(26)17-9-3-7-16-14-23-12-13-27-20(16)17/h3-11,23H,12-14H2,1-2H3,(H,25,26). The smallest absolute Gasteiger partial charge is 0.255 e. The van der Waals surface area contributed by atoms with E-state index in [1.165, 1.54) is 0 Å². The molecule has 1 aromatic heterocycles. The van der Waals surface area contributed by atoms with Gasteiger partial charge in [-0.3, -0.25) is 9.78 Å². The first-order valence-electron chi connectivity index (χ1n) is 9.18. The summed E-state index contributed by atoms with van der Waals surface area (Å²) < 4.78 is 5.86. The van der Waals surface area contributed by atoms with E-state index in [-0.39, 0.29) is 5.91 Å². The van der Waals surface area contributed by atoms with Crippen LogP contribution in [0.2, 0.25) is 0 Å². The van der Waals surface area contributed by atoms with Gasteiger partial charge in [-0.15, -0.1) is 0 Å². The van der Waals surface area contributed by atoms with E-state index >= 15 is 0 Å². The quantitative estimate of drug-likeness (QED) is 0.751. The van der Waals surface area contributed by atoms with Crippen LogP contribution in [-0.4, -0.2) is 24.0 Å². The molecule has 5 heteroatoms. The Kier molecular flexibility index (Phi) is 4.54. The molecule has 0 atom stereocenters. The van der Waals surface area contributed by atoms with Crippen LogP contribution >= 0.6 is 0 Å². The van der Waals surface area contributed by atoms with Crippen LogP contribution in [0.15, 0.2) is 54.7 Å². The van der Waals surface area contributed by atoms with Crippen molar-refractivity contribution in [3.63, 3.8) is 0 Å². The largest absolute Gasteiger partial charge is 0.491 e. The number of hydrogen-bond acceptors (Lipinski definition) is 4. The summed E-state index contributed by atoms with van der Waals surface area (Å²) in [4.78, 5) is 17.6. The summed E-state index contributed by atoms with van der Waals surface area (Å²) in [6.07, 6.45) is 1.78. The van der Waals surface area contributed by atoms with Crippen molar-refractivity contribution in [1.29, 1.82) is 0 Å². The summed E-state index contributed by atoms with van der Waals surface area (Å²) in [7, 11) is 0. The SMILES string of the molecule is CC(C)(NC(=O)c1cccc2c1OCCNC2)c1cccc2cccnc12. The van der Waals surface area contributed by atoms with Crippen molar-refractivity contribution in [3.8, 4) is 5.75 Å². The van der Waals surface area contributed by atoms with Gasteiger partial charge < -0.3 is 15.4 Å². The molecule has 0 radical (unpaired) electrons. The number of amides is 1. The van der Waals surface area contributed by atoms with Gasteiger partial charge in [0.25, 0.3) is 5.91 Å². The summed E-state index contributed by atoms with van der Waals surface area (Å²) in [6, 6.07) is 15.7. The molecule has 0 aliphatic carbocycles. The van der Waals surface area contributed by atoms with Crippen LogP contribution in [0, 0.1) is 0 Å². The number of para-hydroxylation sites is 2. The Balaban J connectivity index is 1.68. The summed E-state index contributed by atoms with van der Waals surface area (Å²) in [5.41, 5.74) is 2.87. The van der Waals surface area contributed by atoms with Gasteiger partial charge in [0.2, 0.25) is 0 Å². The Hall–Kier alpha value is -2.92. The number of aromatic nitrogens is 1. The number of benzene rings is 2. The fraction of sp³-hybridized carbons (Fsp3) is 0.273. The molecule has 0 unspecified atom stereocenters. The number of nitrogens with one attached hydrogen (secondary N) is 2. The van der Waals surface area contributed by atoms with Gasteiger partial charge in [0, 0.05) is 35.8 Å². The second-order valence-electron chi connectivity index (χ2n) is 7.28. The molecule has 0 saturated carbocycles. The molecule has 2 aromatic carbocycles. The Morgan fingerprint density at radius 2 is 1.96 bits per heavy atom. The van der Waals surface area contributed by atoms with Crippen molar-refractivity contribution < 1.29 is 9.53 Å². The van der Waals surface area contributed by atoms with E-state index in [1.807, 2.05) is 62.4 Å². The zero-order chi connectivity index (χ0) is 18.9. The number of ether oxygens (including phenoxy) is 1. The molecule has 0 fully saturated rings. The fourth-order valence-electron chi connectivity index (χ4n) is 3.55. The first-order valence-corrected chi connectivity index (χ1v) is 9.18. The number of hydrogen-bond donors (Lipinski definition) is 2. The van der Waals surface area contributed by atoms with Crippen molar-refractivity contribution in [2.24, 2.45) is 0 Å². The lowest BCUT2D eigenvalue weighted by Crippen LogP contribution is -2.41. The molecule has 2 heterocycles. The average molecular weight is 361 g/mol.